The lowest BCUT2D eigenvalue weighted by Crippen LogP contribution is -2.20. The average Bonchev–Trinajstić information content (AvgIpc) is 2.17. The molecule has 0 fully saturated rings. The smallest absolute Gasteiger partial charge is 0.124 e. The van der Waals surface area contributed by atoms with Crippen molar-refractivity contribution in [2.24, 2.45) is 0 Å². The van der Waals surface area contributed by atoms with Gasteiger partial charge in [0, 0.05) is 5.75 Å². The highest BCUT2D eigenvalue weighted by Gasteiger charge is 2.18. The Morgan fingerprint density at radius 1 is 1.38 bits per heavy atom. The van der Waals surface area contributed by atoms with Gasteiger partial charge in [0.2, 0.25) is 0 Å². The molecule has 4 nitrogen and oxygen atoms in total. The monoisotopic (exact) mass is 264 g/mol. The highest BCUT2D eigenvalue weighted by molar-refractivity contribution is 9.10. The number of aliphatic hydroxyl groups excluding tert-OH is 2. The van der Waals surface area contributed by atoms with Crippen LogP contribution in [-0.2, 0) is 0 Å². The Bertz CT molecular complexity index is 270. The van der Waals surface area contributed by atoms with E-state index in [-0.39, 0.29) is 5.75 Å². The van der Waals surface area contributed by atoms with Crippen molar-refractivity contribution in [3.8, 4) is 0 Å². The molecule has 0 amide bonds. The lowest BCUT2D eigenvalue weighted by Gasteiger charge is -2.14. The molecule has 1 heterocycles. The Balaban J connectivity index is 2.77. The van der Waals surface area contributed by atoms with Crippen LogP contribution in [0.2, 0.25) is 0 Å². The summed E-state index contributed by atoms with van der Waals surface area (Å²) in [6, 6.07) is 0. The van der Waals surface area contributed by atoms with Gasteiger partial charge < -0.3 is 10.2 Å². The molecule has 0 spiro atoms. The molecule has 72 valence electrons. The maximum Gasteiger partial charge on any atom is 0.124 e. The van der Waals surface area contributed by atoms with Crippen molar-refractivity contribution >= 4 is 28.6 Å². The maximum absolute atomic E-state index is 9.46. The summed E-state index contributed by atoms with van der Waals surface area (Å²) in [4.78, 5) is 7.77. The molecule has 2 N–H and O–H groups in total. The van der Waals surface area contributed by atoms with E-state index in [9.17, 15) is 10.2 Å². The van der Waals surface area contributed by atoms with Crippen molar-refractivity contribution in [3.63, 3.8) is 0 Å². The molecule has 1 rings (SSSR count). The number of hydrogen-bond donors (Lipinski definition) is 3. The first-order valence-electron chi connectivity index (χ1n) is 3.59. The fourth-order valence-electron chi connectivity index (χ4n) is 0.772. The Morgan fingerprint density at radius 2 is 2.08 bits per heavy atom. The molecule has 1 aromatic rings. The second kappa shape index (κ2) is 4.90. The second-order valence-corrected chi connectivity index (χ2v) is 3.64. The van der Waals surface area contributed by atoms with Gasteiger partial charge >= 0.3 is 0 Å². The first-order valence-corrected chi connectivity index (χ1v) is 5.02. The minimum absolute atomic E-state index is 0.179. The normalized spacial score (nSPS) is 15.4. The van der Waals surface area contributed by atoms with Gasteiger partial charge in [0.25, 0.3) is 0 Å². The molecule has 0 aliphatic heterocycles. The number of halogens is 1. The summed E-state index contributed by atoms with van der Waals surface area (Å²) in [5.41, 5.74) is 0.338. The Hall–Kier alpha value is -0.170. The molecular formula is C7H9BrN2O2S. The van der Waals surface area contributed by atoms with Crippen LogP contribution in [0.1, 0.15) is 11.8 Å². The summed E-state index contributed by atoms with van der Waals surface area (Å²) >= 11 is 6.97. The van der Waals surface area contributed by atoms with E-state index in [1.807, 2.05) is 0 Å². The van der Waals surface area contributed by atoms with Gasteiger partial charge in [-0.1, -0.05) is 0 Å². The summed E-state index contributed by atoms with van der Waals surface area (Å²) in [5, 5.41) is 18.7. The lowest BCUT2D eigenvalue weighted by atomic mass is 10.2. The number of aliphatic hydroxyl groups is 2. The molecule has 0 aliphatic rings. The van der Waals surface area contributed by atoms with Crippen LogP contribution in [0, 0.1) is 0 Å². The third-order valence-corrected chi connectivity index (χ3v) is 2.28. The zero-order valence-corrected chi connectivity index (χ0v) is 9.11. The Labute approximate surface area is 89.6 Å². The van der Waals surface area contributed by atoms with Gasteiger partial charge in [0.15, 0.2) is 0 Å². The van der Waals surface area contributed by atoms with Crippen LogP contribution >= 0.6 is 28.6 Å². The topological polar surface area (TPSA) is 66.2 Å². The minimum Gasteiger partial charge on any atom is -0.389 e. The first-order chi connectivity index (χ1) is 6.15. The summed E-state index contributed by atoms with van der Waals surface area (Å²) in [6.07, 6.45) is 0.919. The van der Waals surface area contributed by atoms with Crippen molar-refractivity contribution in [1.82, 2.24) is 9.97 Å². The predicted octanol–water partition coefficient (Wildman–Crippen LogP) is 0.563. The van der Waals surface area contributed by atoms with Gasteiger partial charge in [-0.25, -0.2) is 4.98 Å². The van der Waals surface area contributed by atoms with Crippen LogP contribution in [0.5, 0.6) is 0 Å². The van der Waals surface area contributed by atoms with Crippen molar-refractivity contribution in [3.05, 3.63) is 22.7 Å². The number of rotatable bonds is 3. The molecular weight excluding hydrogens is 256 g/mol. The van der Waals surface area contributed by atoms with E-state index in [2.05, 4.69) is 38.5 Å². The standard InChI is InChI=1S/C7H9BrN2O2S/c8-6-2-9-4(1-10-6)7(12)5(11)3-13/h1-2,5,7,11-13H,3H2. The zero-order chi connectivity index (χ0) is 9.84. The molecule has 13 heavy (non-hydrogen) atoms. The molecule has 0 bridgehead atoms. The number of aromatic nitrogens is 2. The SMILES string of the molecule is OC(CS)C(O)c1cnc(Br)cn1. The highest BCUT2D eigenvalue weighted by Crippen LogP contribution is 2.15. The van der Waals surface area contributed by atoms with E-state index in [0.29, 0.717) is 10.3 Å². The zero-order valence-electron chi connectivity index (χ0n) is 6.63. The molecule has 2 unspecified atom stereocenters. The first kappa shape index (κ1) is 10.9. The lowest BCUT2D eigenvalue weighted by molar-refractivity contribution is 0.0307. The van der Waals surface area contributed by atoms with Crippen molar-refractivity contribution in [1.29, 1.82) is 0 Å². The molecule has 0 radical (unpaired) electrons. The van der Waals surface area contributed by atoms with Crippen LogP contribution in [0.25, 0.3) is 0 Å². The number of thiol groups is 1. The third-order valence-electron chi connectivity index (χ3n) is 1.49. The fraction of sp³-hybridized carbons (Fsp3) is 0.429. The van der Waals surface area contributed by atoms with Crippen LogP contribution in [0.3, 0.4) is 0 Å². The maximum atomic E-state index is 9.46. The second-order valence-electron chi connectivity index (χ2n) is 2.46. The minimum atomic E-state index is -1.03. The van der Waals surface area contributed by atoms with Crippen molar-refractivity contribution in [2.45, 2.75) is 12.2 Å². The Kier molecular flexibility index (Phi) is 4.11. The molecule has 0 aromatic carbocycles. The van der Waals surface area contributed by atoms with Crippen LogP contribution < -0.4 is 0 Å². The third kappa shape index (κ3) is 2.91. The molecule has 2 atom stereocenters. The van der Waals surface area contributed by atoms with E-state index in [0.717, 1.165) is 0 Å². The highest BCUT2D eigenvalue weighted by atomic mass is 79.9. The van der Waals surface area contributed by atoms with Gasteiger partial charge in [-0.15, -0.1) is 0 Å². The summed E-state index contributed by atoms with van der Waals surface area (Å²) in [6.45, 7) is 0. The van der Waals surface area contributed by atoms with Crippen molar-refractivity contribution < 1.29 is 10.2 Å². The number of nitrogens with zero attached hydrogens (tertiary/aromatic N) is 2. The van der Waals surface area contributed by atoms with E-state index >= 15 is 0 Å². The van der Waals surface area contributed by atoms with Gasteiger partial charge in [-0.2, -0.15) is 12.6 Å². The van der Waals surface area contributed by atoms with E-state index in [1.165, 1.54) is 12.4 Å². The fourth-order valence-corrected chi connectivity index (χ4v) is 1.18. The summed E-state index contributed by atoms with van der Waals surface area (Å²) < 4.78 is 0.587. The molecule has 0 aliphatic carbocycles. The van der Waals surface area contributed by atoms with E-state index in [1.54, 1.807) is 0 Å². The molecule has 1 aromatic heterocycles. The van der Waals surface area contributed by atoms with Gasteiger partial charge in [0.05, 0.1) is 24.2 Å². The summed E-state index contributed by atoms with van der Waals surface area (Å²) in [7, 11) is 0. The summed E-state index contributed by atoms with van der Waals surface area (Å²) in [5.74, 6) is 0.179. The molecule has 0 saturated heterocycles. The van der Waals surface area contributed by atoms with E-state index < -0.39 is 12.2 Å². The van der Waals surface area contributed by atoms with Crippen LogP contribution in [0.4, 0.5) is 0 Å². The largest absolute Gasteiger partial charge is 0.389 e. The van der Waals surface area contributed by atoms with Crippen molar-refractivity contribution in [2.75, 3.05) is 5.75 Å². The predicted molar refractivity (Wildman–Crippen MR) is 54.6 cm³/mol. The Morgan fingerprint density at radius 3 is 2.54 bits per heavy atom. The van der Waals surface area contributed by atoms with Gasteiger partial charge in [-0.05, 0) is 15.9 Å². The van der Waals surface area contributed by atoms with Crippen LogP contribution in [-0.4, -0.2) is 32.0 Å². The molecule has 0 saturated carbocycles. The van der Waals surface area contributed by atoms with Crippen LogP contribution in [0.15, 0.2) is 17.0 Å². The van der Waals surface area contributed by atoms with Gasteiger partial charge in [-0.3, -0.25) is 4.98 Å². The molecule has 6 heteroatoms. The quantitative estimate of drug-likeness (QED) is 0.699. The van der Waals surface area contributed by atoms with E-state index in [4.69, 9.17) is 0 Å². The number of hydrogen-bond acceptors (Lipinski definition) is 5. The average molecular weight is 265 g/mol. The van der Waals surface area contributed by atoms with Gasteiger partial charge in [0.1, 0.15) is 10.7 Å².